The zero-order valence-corrected chi connectivity index (χ0v) is 36.7. The predicted molar refractivity (Wildman–Crippen MR) is 229 cm³/mol. The number of hydrogen-bond donors (Lipinski definition) is 3. The Morgan fingerprint density at radius 2 is 1.63 bits per heavy atom. The maximum Gasteiger partial charge on any atom is 0.331 e. The molecule has 14 nitrogen and oxygen atoms in total. The van der Waals surface area contributed by atoms with Gasteiger partial charge in [0.15, 0.2) is 14.4 Å². The van der Waals surface area contributed by atoms with Crippen LogP contribution >= 0.6 is 11.6 Å². The summed E-state index contributed by atoms with van der Waals surface area (Å²) < 4.78 is 35.6. The van der Waals surface area contributed by atoms with Gasteiger partial charge in [0.1, 0.15) is 35.1 Å². The van der Waals surface area contributed by atoms with Gasteiger partial charge in [-0.05, 0) is 83.2 Å². The minimum absolute atomic E-state index is 0.00576. The van der Waals surface area contributed by atoms with Crippen molar-refractivity contribution in [1.82, 2.24) is 5.32 Å². The molecule has 59 heavy (non-hydrogen) atoms. The van der Waals surface area contributed by atoms with Crippen LogP contribution in [0.5, 0.6) is 23.0 Å². The van der Waals surface area contributed by atoms with Gasteiger partial charge in [0.25, 0.3) is 0 Å². The standard InChI is InChI=1S/C43H54ClN5O9Si/c1-10-57-42(52)39(40(58-59(8,9)43(2,3)4)28-16-18-34(50)32(44)21-28)47-41(51)38(45)27-17-19-35(54-6)31(20-27)37-30(22-29(53-5)23-36(37)55-7)33(48-49-46)25-56-24-26-14-12-11-13-15-26/h11-23,33,38-40,50H,10,24-25,45H2,1-9H3,(H,47,51)/t33-,38-,39+,40-/m1/s1. The Morgan fingerprint density at radius 1 is 0.949 bits per heavy atom. The Balaban J connectivity index is 1.81. The third kappa shape index (κ3) is 11.5. The number of carbonyl (C=O) groups is 2. The lowest BCUT2D eigenvalue weighted by Gasteiger charge is -2.41. The van der Waals surface area contributed by atoms with E-state index in [2.05, 4.69) is 15.3 Å². The maximum atomic E-state index is 14.3. The topological polar surface area (TPSA) is 197 Å². The number of phenols is 1. The van der Waals surface area contributed by atoms with Gasteiger partial charge in [0.2, 0.25) is 5.91 Å². The molecule has 4 aromatic carbocycles. The average molecular weight is 848 g/mol. The van der Waals surface area contributed by atoms with E-state index in [1.54, 1.807) is 43.3 Å². The highest BCUT2D eigenvalue weighted by Gasteiger charge is 2.44. The summed E-state index contributed by atoms with van der Waals surface area (Å²) in [6, 6.07) is 18.9. The summed E-state index contributed by atoms with van der Waals surface area (Å²) in [6.45, 7) is 12.1. The van der Waals surface area contributed by atoms with Crippen molar-refractivity contribution >= 4 is 31.8 Å². The van der Waals surface area contributed by atoms with Gasteiger partial charge in [-0.15, -0.1) is 0 Å². The van der Waals surface area contributed by atoms with Gasteiger partial charge in [-0.25, -0.2) is 4.79 Å². The normalized spacial score (nSPS) is 13.6. The second kappa shape index (κ2) is 20.6. The number of nitrogens with two attached hydrogens (primary N) is 1. The number of phenolic OH excluding ortho intramolecular Hbond substituents is 1. The number of amides is 1. The molecule has 4 N–H and O–H groups in total. The number of esters is 1. The first-order valence-corrected chi connectivity index (χ1v) is 22.3. The largest absolute Gasteiger partial charge is 0.506 e. The number of nitrogens with zero attached hydrogens (tertiary/aromatic N) is 3. The van der Waals surface area contributed by atoms with Gasteiger partial charge < -0.3 is 44.3 Å². The van der Waals surface area contributed by atoms with E-state index in [0.717, 1.165) is 5.56 Å². The van der Waals surface area contributed by atoms with Crippen molar-refractivity contribution < 1.29 is 42.8 Å². The fourth-order valence-corrected chi connectivity index (χ4v) is 7.52. The van der Waals surface area contributed by atoms with Gasteiger partial charge >= 0.3 is 5.97 Å². The predicted octanol–water partition coefficient (Wildman–Crippen LogP) is 9.12. The average Bonchev–Trinajstić information content (AvgIpc) is 3.21. The summed E-state index contributed by atoms with van der Waals surface area (Å²) in [5.74, 6) is -0.430. The second-order valence-corrected chi connectivity index (χ2v) is 20.4. The van der Waals surface area contributed by atoms with Gasteiger partial charge in [0.05, 0.1) is 52.2 Å². The molecule has 0 aliphatic heterocycles. The van der Waals surface area contributed by atoms with Crippen molar-refractivity contribution in [3.05, 3.63) is 117 Å². The summed E-state index contributed by atoms with van der Waals surface area (Å²) >= 11 is 6.35. The number of aromatic hydroxyl groups is 1. The highest BCUT2D eigenvalue weighted by atomic mass is 35.5. The molecule has 0 bridgehead atoms. The van der Waals surface area contributed by atoms with Gasteiger partial charge in [-0.1, -0.05) is 80.0 Å². The molecule has 1 amide bonds. The molecular formula is C43H54ClN5O9Si. The number of methoxy groups -OCH3 is 3. The van der Waals surface area contributed by atoms with Crippen LogP contribution in [-0.4, -0.2) is 65.9 Å². The van der Waals surface area contributed by atoms with Gasteiger partial charge in [-0.3, -0.25) is 4.79 Å². The van der Waals surface area contributed by atoms with Crippen LogP contribution in [0.25, 0.3) is 21.6 Å². The van der Waals surface area contributed by atoms with Crippen LogP contribution in [0.1, 0.15) is 68.1 Å². The van der Waals surface area contributed by atoms with Gasteiger partial charge in [0, 0.05) is 22.1 Å². The molecule has 0 aliphatic carbocycles. The highest BCUT2D eigenvalue weighted by Crippen LogP contribution is 2.46. The first-order chi connectivity index (χ1) is 28.0. The minimum Gasteiger partial charge on any atom is -0.506 e. The van der Waals surface area contributed by atoms with E-state index in [0.29, 0.717) is 45.1 Å². The van der Waals surface area contributed by atoms with Crippen LogP contribution in [0.2, 0.25) is 23.2 Å². The van der Waals surface area contributed by atoms with Crippen LogP contribution in [-0.2, 0) is 30.1 Å². The Bertz CT molecular complexity index is 2130. The molecule has 0 heterocycles. The Kier molecular flexibility index (Phi) is 16.2. The van der Waals surface area contributed by atoms with E-state index in [1.165, 1.54) is 33.5 Å². The van der Waals surface area contributed by atoms with Crippen LogP contribution in [0.3, 0.4) is 0 Å². The molecule has 0 saturated carbocycles. The number of benzene rings is 4. The van der Waals surface area contributed by atoms with Crippen molar-refractivity contribution in [2.45, 2.75) is 76.7 Å². The zero-order chi connectivity index (χ0) is 43.5. The third-order valence-electron chi connectivity index (χ3n) is 10.3. The number of hydrogen-bond acceptors (Lipinski definition) is 11. The lowest BCUT2D eigenvalue weighted by molar-refractivity contribution is -0.150. The van der Waals surface area contributed by atoms with E-state index in [4.69, 9.17) is 45.4 Å². The number of azide groups is 1. The third-order valence-corrected chi connectivity index (χ3v) is 15.1. The Hall–Kier alpha value is -5.28. The smallest absolute Gasteiger partial charge is 0.331 e. The molecular weight excluding hydrogens is 794 g/mol. The highest BCUT2D eigenvalue weighted by molar-refractivity contribution is 6.74. The first-order valence-electron chi connectivity index (χ1n) is 19.0. The molecule has 0 spiro atoms. The first kappa shape index (κ1) is 46.4. The summed E-state index contributed by atoms with van der Waals surface area (Å²) in [4.78, 5) is 31.2. The monoisotopic (exact) mass is 847 g/mol. The molecule has 4 rings (SSSR count). The van der Waals surface area contributed by atoms with Crippen LogP contribution in [0.15, 0.2) is 84.0 Å². The second-order valence-electron chi connectivity index (χ2n) is 15.2. The number of carbonyl (C=O) groups excluding carboxylic acids is 2. The molecule has 4 aromatic rings. The Labute approximate surface area is 351 Å². The number of rotatable bonds is 19. The van der Waals surface area contributed by atoms with E-state index >= 15 is 0 Å². The molecule has 316 valence electrons. The van der Waals surface area contributed by atoms with Crippen molar-refractivity contribution in [1.29, 1.82) is 0 Å². The molecule has 0 aliphatic rings. The van der Waals surface area contributed by atoms with Crippen molar-refractivity contribution in [2.24, 2.45) is 10.8 Å². The molecule has 16 heteroatoms. The molecule has 4 atom stereocenters. The van der Waals surface area contributed by atoms with Crippen molar-refractivity contribution in [2.75, 3.05) is 34.5 Å². The molecule has 0 radical (unpaired) electrons. The van der Waals surface area contributed by atoms with E-state index < -0.39 is 44.4 Å². The lowest BCUT2D eigenvalue weighted by atomic mass is 9.91. The summed E-state index contributed by atoms with van der Waals surface area (Å²) in [5, 5.41) is 16.9. The molecule has 0 saturated heterocycles. The fourth-order valence-electron chi connectivity index (χ4n) is 6.07. The van der Waals surface area contributed by atoms with Crippen LogP contribution in [0, 0.1) is 0 Å². The SMILES string of the molecule is CCOC(=O)[C@@H](NC(=O)[C@H](N)c1ccc(OC)c(-c2c(OC)cc(OC)cc2[C@@H](COCc2ccccc2)N=[N+]=[N-])c1)[C@H](O[Si](C)(C)C(C)(C)C)c1ccc(O)c(Cl)c1. The van der Waals surface area contributed by atoms with E-state index in [-0.39, 0.29) is 35.6 Å². The van der Waals surface area contributed by atoms with Crippen molar-refractivity contribution in [3.63, 3.8) is 0 Å². The summed E-state index contributed by atoms with van der Waals surface area (Å²) in [6.07, 6.45) is -1.07. The van der Waals surface area contributed by atoms with Crippen LogP contribution < -0.4 is 25.3 Å². The molecule has 0 unspecified atom stereocenters. The van der Waals surface area contributed by atoms with E-state index in [9.17, 15) is 20.2 Å². The minimum atomic E-state index is -2.64. The zero-order valence-electron chi connectivity index (χ0n) is 34.9. The molecule has 0 aromatic heterocycles. The van der Waals surface area contributed by atoms with Crippen LogP contribution in [0.4, 0.5) is 0 Å². The van der Waals surface area contributed by atoms with Crippen molar-refractivity contribution in [3.8, 4) is 34.1 Å². The summed E-state index contributed by atoms with van der Waals surface area (Å²) in [7, 11) is 1.85. The maximum absolute atomic E-state index is 14.3. The van der Waals surface area contributed by atoms with Gasteiger partial charge in [-0.2, -0.15) is 0 Å². The number of ether oxygens (including phenoxy) is 5. The quantitative estimate of drug-likeness (QED) is 0.0269. The summed E-state index contributed by atoms with van der Waals surface area (Å²) in [5.41, 5.74) is 19.6. The number of nitrogens with one attached hydrogen (secondary N) is 1. The fraction of sp³-hybridized carbons (Fsp3) is 0.395. The lowest BCUT2D eigenvalue weighted by Crippen LogP contribution is -2.53. The van der Waals surface area contributed by atoms with E-state index in [1.807, 2.05) is 64.2 Å². The Morgan fingerprint density at radius 3 is 2.22 bits per heavy atom. The number of halogens is 1. The molecule has 0 fully saturated rings.